The minimum Gasteiger partial charge on any atom is -0.378 e. The van der Waals surface area contributed by atoms with Crippen LogP contribution in [0, 0.1) is 0 Å². The zero-order chi connectivity index (χ0) is 16.4. The number of carbonyl (C=O) groups is 1. The molecule has 1 aromatic carbocycles. The molecule has 23 heavy (non-hydrogen) atoms. The molecule has 8 nitrogen and oxygen atoms in total. The number of aromatic nitrogens is 3. The molecule has 1 aliphatic heterocycles. The summed E-state index contributed by atoms with van der Waals surface area (Å²) in [7, 11) is 1.68. The van der Waals surface area contributed by atoms with Crippen LogP contribution in [-0.2, 0) is 4.74 Å². The molecular weight excluding hydrogens is 296 g/mol. The van der Waals surface area contributed by atoms with Gasteiger partial charge in [0.1, 0.15) is 11.0 Å². The van der Waals surface area contributed by atoms with Crippen LogP contribution in [0.25, 0.3) is 11.0 Å². The van der Waals surface area contributed by atoms with E-state index in [0.29, 0.717) is 17.2 Å². The molecule has 3 rings (SSSR count). The summed E-state index contributed by atoms with van der Waals surface area (Å²) in [6, 6.07) is 5.54. The van der Waals surface area contributed by atoms with Crippen LogP contribution in [0.15, 0.2) is 18.2 Å². The molecule has 2 amide bonds. The SMILES string of the molecule is CO[C@H]1CN(C(C)C)C[C@@H]1NC(=O)Nc1ccc2n[nH]nc2c1. The first-order valence-corrected chi connectivity index (χ1v) is 7.71. The van der Waals surface area contributed by atoms with E-state index in [-0.39, 0.29) is 18.2 Å². The van der Waals surface area contributed by atoms with E-state index in [1.165, 1.54) is 0 Å². The van der Waals surface area contributed by atoms with Gasteiger partial charge in [-0.25, -0.2) is 4.79 Å². The molecule has 0 unspecified atom stereocenters. The van der Waals surface area contributed by atoms with E-state index in [4.69, 9.17) is 4.74 Å². The summed E-state index contributed by atoms with van der Waals surface area (Å²) in [5.74, 6) is 0. The Balaban J connectivity index is 1.62. The van der Waals surface area contributed by atoms with Gasteiger partial charge in [0.05, 0.1) is 12.1 Å². The molecule has 0 bridgehead atoms. The van der Waals surface area contributed by atoms with Crippen molar-refractivity contribution in [1.29, 1.82) is 0 Å². The third kappa shape index (κ3) is 3.43. The van der Waals surface area contributed by atoms with E-state index in [1.54, 1.807) is 19.2 Å². The highest BCUT2D eigenvalue weighted by Gasteiger charge is 2.34. The number of likely N-dealkylation sites (tertiary alicyclic amines) is 1. The third-order valence-corrected chi connectivity index (χ3v) is 4.22. The lowest BCUT2D eigenvalue weighted by Crippen LogP contribution is -2.45. The molecule has 1 fully saturated rings. The number of urea groups is 1. The highest BCUT2D eigenvalue weighted by atomic mass is 16.5. The van der Waals surface area contributed by atoms with Crippen molar-refractivity contribution >= 4 is 22.8 Å². The molecule has 8 heteroatoms. The normalized spacial score (nSPS) is 21.9. The number of benzene rings is 1. The number of carbonyl (C=O) groups excluding carboxylic acids is 1. The fourth-order valence-electron chi connectivity index (χ4n) is 2.86. The number of anilines is 1. The van der Waals surface area contributed by atoms with Crippen molar-refractivity contribution in [2.45, 2.75) is 32.0 Å². The zero-order valence-electron chi connectivity index (χ0n) is 13.5. The Labute approximate surface area is 134 Å². The number of methoxy groups -OCH3 is 1. The van der Waals surface area contributed by atoms with Gasteiger partial charge >= 0.3 is 6.03 Å². The van der Waals surface area contributed by atoms with Crippen molar-refractivity contribution in [2.75, 3.05) is 25.5 Å². The molecule has 124 valence electrons. The summed E-state index contributed by atoms with van der Waals surface area (Å²) in [4.78, 5) is 14.5. The van der Waals surface area contributed by atoms with E-state index >= 15 is 0 Å². The maximum atomic E-state index is 12.2. The predicted octanol–water partition coefficient (Wildman–Crippen LogP) is 1.19. The lowest BCUT2D eigenvalue weighted by molar-refractivity contribution is 0.0896. The van der Waals surface area contributed by atoms with Crippen molar-refractivity contribution in [3.8, 4) is 0 Å². The molecule has 1 saturated heterocycles. The van der Waals surface area contributed by atoms with Gasteiger partial charge in [-0.15, -0.1) is 0 Å². The topological polar surface area (TPSA) is 95.2 Å². The lowest BCUT2D eigenvalue weighted by atomic mass is 10.2. The fourth-order valence-corrected chi connectivity index (χ4v) is 2.86. The van der Waals surface area contributed by atoms with Gasteiger partial charge in [0.15, 0.2) is 0 Å². The third-order valence-electron chi connectivity index (χ3n) is 4.22. The number of fused-ring (bicyclic) bond motifs is 1. The van der Waals surface area contributed by atoms with Crippen molar-refractivity contribution in [3.05, 3.63) is 18.2 Å². The lowest BCUT2D eigenvalue weighted by Gasteiger charge is -2.20. The molecule has 2 heterocycles. The van der Waals surface area contributed by atoms with Crippen LogP contribution >= 0.6 is 0 Å². The van der Waals surface area contributed by atoms with Crippen molar-refractivity contribution < 1.29 is 9.53 Å². The smallest absolute Gasteiger partial charge is 0.319 e. The predicted molar refractivity (Wildman–Crippen MR) is 87.3 cm³/mol. The summed E-state index contributed by atoms with van der Waals surface area (Å²) >= 11 is 0. The second-order valence-electron chi connectivity index (χ2n) is 6.05. The van der Waals surface area contributed by atoms with Crippen LogP contribution in [0.2, 0.25) is 0 Å². The summed E-state index contributed by atoms with van der Waals surface area (Å²) in [5.41, 5.74) is 2.15. The van der Waals surface area contributed by atoms with E-state index in [1.807, 2.05) is 6.07 Å². The van der Waals surface area contributed by atoms with Crippen molar-refractivity contribution in [1.82, 2.24) is 25.6 Å². The van der Waals surface area contributed by atoms with Gasteiger partial charge in [-0.2, -0.15) is 15.4 Å². The second kappa shape index (κ2) is 6.51. The number of nitrogens with one attached hydrogen (secondary N) is 3. The Morgan fingerprint density at radius 3 is 2.87 bits per heavy atom. The van der Waals surface area contributed by atoms with Crippen LogP contribution in [-0.4, -0.2) is 64.7 Å². The number of rotatable bonds is 4. The quantitative estimate of drug-likeness (QED) is 0.787. The molecular formula is C15H22N6O2. The molecule has 0 saturated carbocycles. The first-order valence-electron chi connectivity index (χ1n) is 7.71. The van der Waals surface area contributed by atoms with Gasteiger partial charge in [-0.05, 0) is 32.0 Å². The molecule has 2 atom stereocenters. The van der Waals surface area contributed by atoms with E-state index in [0.717, 1.165) is 18.6 Å². The second-order valence-corrected chi connectivity index (χ2v) is 6.05. The number of aromatic amines is 1. The van der Waals surface area contributed by atoms with E-state index in [2.05, 4.69) is 44.8 Å². The molecule has 2 aromatic rings. The molecule has 0 aliphatic carbocycles. The van der Waals surface area contributed by atoms with Crippen LogP contribution in [0.4, 0.5) is 10.5 Å². The number of H-pyrrole nitrogens is 1. The van der Waals surface area contributed by atoms with Crippen LogP contribution < -0.4 is 10.6 Å². The first-order chi connectivity index (χ1) is 11.1. The van der Waals surface area contributed by atoms with Gasteiger partial charge in [0.2, 0.25) is 0 Å². The first kappa shape index (κ1) is 15.7. The minimum atomic E-state index is -0.245. The van der Waals surface area contributed by atoms with Crippen molar-refractivity contribution in [2.24, 2.45) is 0 Å². The zero-order valence-corrected chi connectivity index (χ0v) is 13.5. The Kier molecular flexibility index (Phi) is 4.44. The van der Waals surface area contributed by atoms with Gasteiger partial charge in [0.25, 0.3) is 0 Å². The fraction of sp³-hybridized carbons (Fsp3) is 0.533. The largest absolute Gasteiger partial charge is 0.378 e. The number of ether oxygens (including phenoxy) is 1. The molecule has 0 radical (unpaired) electrons. The standard InChI is InChI=1S/C15H22N6O2/c1-9(2)21-7-13(14(8-21)23-3)17-15(22)16-10-4-5-11-12(6-10)19-20-18-11/h4-6,9,13-14H,7-8H2,1-3H3,(H2,16,17,22)(H,18,19,20)/t13-,14-/m0/s1. The van der Waals surface area contributed by atoms with Crippen LogP contribution in [0.1, 0.15) is 13.8 Å². The van der Waals surface area contributed by atoms with Gasteiger partial charge in [0, 0.05) is 31.9 Å². The molecule has 1 aromatic heterocycles. The average Bonchev–Trinajstić information content (AvgIpc) is 3.12. The van der Waals surface area contributed by atoms with Gasteiger partial charge in [-0.1, -0.05) is 0 Å². The molecule has 1 aliphatic rings. The maximum absolute atomic E-state index is 12.2. The summed E-state index contributed by atoms with van der Waals surface area (Å²) in [6.07, 6.45) is 0.00108. The Bertz CT molecular complexity index is 685. The Morgan fingerprint density at radius 2 is 2.13 bits per heavy atom. The van der Waals surface area contributed by atoms with Crippen molar-refractivity contribution in [3.63, 3.8) is 0 Å². The van der Waals surface area contributed by atoms with E-state index < -0.39 is 0 Å². The minimum absolute atomic E-state index is 0.00108. The molecule has 0 spiro atoms. The maximum Gasteiger partial charge on any atom is 0.319 e. The van der Waals surface area contributed by atoms with Gasteiger partial charge in [-0.3, -0.25) is 4.90 Å². The molecule has 3 N–H and O–H groups in total. The average molecular weight is 318 g/mol. The number of hydrogen-bond donors (Lipinski definition) is 3. The van der Waals surface area contributed by atoms with E-state index in [9.17, 15) is 4.79 Å². The van der Waals surface area contributed by atoms with Crippen LogP contribution in [0.3, 0.4) is 0 Å². The number of nitrogens with zero attached hydrogens (tertiary/aromatic N) is 3. The highest BCUT2D eigenvalue weighted by molar-refractivity contribution is 5.91. The summed E-state index contributed by atoms with van der Waals surface area (Å²) in [5, 5.41) is 16.4. The van der Waals surface area contributed by atoms with Gasteiger partial charge < -0.3 is 15.4 Å². The Hall–Kier alpha value is -2.19. The number of amides is 2. The Morgan fingerprint density at radius 1 is 1.35 bits per heavy atom. The highest BCUT2D eigenvalue weighted by Crippen LogP contribution is 2.17. The van der Waals surface area contributed by atoms with Crippen LogP contribution in [0.5, 0.6) is 0 Å². The summed E-state index contributed by atoms with van der Waals surface area (Å²) < 4.78 is 5.50. The number of hydrogen-bond acceptors (Lipinski definition) is 5. The summed E-state index contributed by atoms with van der Waals surface area (Å²) in [6.45, 7) is 5.89. The monoisotopic (exact) mass is 318 g/mol.